The van der Waals surface area contributed by atoms with Crippen LogP contribution in [-0.2, 0) is 4.74 Å². The van der Waals surface area contributed by atoms with Crippen LogP contribution >= 0.6 is 23.1 Å². The van der Waals surface area contributed by atoms with Crippen molar-refractivity contribution in [3.63, 3.8) is 0 Å². The summed E-state index contributed by atoms with van der Waals surface area (Å²) in [6.07, 6.45) is -0.781. The fraction of sp³-hybridized carbons (Fsp3) is 0.240. The largest absolute Gasteiger partial charge is 0.367 e. The number of rotatable bonds is 7. The minimum absolute atomic E-state index is 0.303. The van der Waals surface area contributed by atoms with Gasteiger partial charge in [-0.1, -0.05) is 11.3 Å². The van der Waals surface area contributed by atoms with Gasteiger partial charge >= 0.3 is 6.03 Å². The van der Waals surface area contributed by atoms with Crippen molar-refractivity contribution in [3.05, 3.63) is 60.4 Å². The minimum atomic E-state index is -0.781. The van der Waals surface area contributed by atoms with Crippen LogP contribution in [0.1, 0.15) is 0 Å². The molecule has 3 aromatic heterocycles. The van der Waals surface area contributed by atoms with Gasteiger partial charge in [0.15, 0.2) is 17.1 Å². The third kappa shape index (κ3) is 5.99. The number of ether oxygens (including phenoxy) is 1. The number of nitrogens with one attached hydrogen (secondary N) is 2. The predicted molar refractivity (Wildman–Crippen MR) is 145 cm³/mol. The molecule has 0 aliphatic carbocycles. The van der Waals surface area contributed by atoms with Crippen molar-refractivity contribution in [1.82, 2.24) is 35.0 Å². The van der Waals surface area contributed by atoms with E-state index in [4.69, 9.17) is 4.74 Å². The fourth-order valence-corrected chi connectivity index (χ4v) is 5.89. The number of β-amino-alcohol motifs (C(OH)–C–C–N with tert-alkyl or cyclic N) is 1. The number of aromatic nitrogens is 5. The quantitative estimate of drug-likeness (QED) is 0.271. The van der Waals surface area contributed by atoms with Gasteiger partial charge in [-0.25, -0.2) is 14.2 Å². The molecule has 4 heterocycles. The molecule has 14 heteroatoms. The molecule has 1 atom stereocenters. The number of carbonyl (C=O) groups is 1. The number of morpholine rings is 1. The molecule has 11 nitrogen and oxygen atoms in total. The Kier molecular flexibility index (Phi) is 7.34. The molecule has 3 N–H and O–H groups in total. The topological polar surface area (TPSA) is 130 Å². The van der Waals surface area contributed by atoms with E-state index in [-0.39, 0.29) is 11.8 Å². The van der Waals surface area contributed by atoms with E-state index in [1.165, 1.54) is 35.2 Å². The lowest BCUT2D eigenvalue weighted by molar-refractivity contribution is -0.145. The second-order valence-electron chi connectivity index (χ2n) is 8.74. The Labute approximate surface area is 230 Å². The monoisotopic (exact) mass is 566 g/mol. The van der Waals surface area contributed by atoms with Crippen LogP contribution in [0.3, 0.4) is 0 Å². The van der Waals surface area contributed by atoms with Crippen LogP contribution in [0.2, 0.25) is 0 Å². The molecule has 1 aliphatic rings. The zero-order valence-electron chi connectivity index (χ0n) is 20.5. The predicted octanol–water partition coefficient (Wildman–Crippen LogP) is 3.46. The number of carbonyl (C=O) groups excluding carboxylic acids is 1. The number of halogens is 1. The number of urea groups is 1. The fourth-order valence-electron chi connectivity index (χ4n) is 4.09. The summed E-state index contributed by atoms with van der Waals surface area (Å²) in [4.78, 5) is 19.8. The molecule has 6 rings (SSSR count). The lowest BCUT2D eigenvalue weighted by Gasteiger charge is -2.29. The summed E-state index contributed by atoms with van der Waals surface area (Å²) in [7, 11) is 0. The molecule has 2 aromatic carbocycles. The number of benzene rings is 2. The maximum absolute atomic E-state index is 13.3. The van der Waals surface area contributed by atoms with Crippen molar-refractivity contribution < 1.29 is 19.0 Å². The first-order valence-electron chi connectivity index (χ1n) is 12.1. The van der Waals surface area contributed by atoms with Crippen LogP contribution in [0.25, 0.3) is 27.1 Å². The molecule has 1 fully saturated rings. The van der Waals surface area contributed by atoms with Gasteiger partial charge in [-0.3, -0.25) is 10.2 Å². The molecule has 1 aliphatic heterocycles. The van der Waals surface area contributed by atoms with Gasteiger partial charge in [-0.15, -0.1) is 10.2 Å². The van der Waals surface area contributed by atoms with Crippen LogP contribution in [0.4, 0.5) is 14.3 Å². The lowest BCUT2D eigenvalue weighted by atomic mass is 10.1. The van der Waals surface area contributed by atoms with E-state index in [1.54, 1.807) is 16.6 Å². The van der Waals surface area contributed by atoms with E-state index in [0.29, 0.717) is 54.4 Å². The second-order valence-corrected chi connectivity index (χ2v) is 10.8. The van der Waals surface area contributed by atoms with Crippen LogP contribution in [0.15, 0.2) is 64.6 Å². The summed E-state index contributed by atoms with van der Waals surface area (Å²) in [6, 6.07) is 15.3. The van der Waals surface area contributed by atoms with E-state index in [2.05, 4.69) is 30.9 Å². The molecule has 200 valence electrons. The van der Waals surface area contributed by atoms with Crippen LogP contribution < -0.4 is 10.6 Å². The van der Waals surface area contributed by atoms with E-state index >= 15 is 0 Å². The number of aliphatic hydroxyl groups is 1. The number of fused-ring (bicyclic) bond motifs is 2. The van der Waals surface area contributed by atoms with Gasteiger partial charge in [0, 0.05) is 36.6 Å². The number of anilines is 1. The average Bonchev–Trinajstić information content (AvgIpc) is 3.52. The third-order valence-corrected chi connectivity index (χ3v) is 7.87. The molecule has 0 saturated carbocycles. The van der Waals surface area contributed by atoms with E-state index in [9.17, 15) is 14.3 Å². The van der Waals surface area contributed by atoms with Crippen molar-refractivity contribution in [1.29, 1.82) is 0 Å². The first-order chi connectivity index (χ1) is 19.0. The second kappa shape index (κ2) is 11.2. The summed E-state index contributed by atoms with van der Waals surface area (Å²) < 4.78 is 21.0. The molecule has 0 radical (unpaired) electrons. The first-order valence-corrected chi connectivity index (χ1v) is 13.8. The first kappa shape index (κ1) is 25.6. The van der Waals surface area contributed by atoms with Gasteiger partial charge in [-0.05, 0) is 66.4 Å². The van der Waals surface area contributed by atoms with Crippen LogP contribution in [-0.4, -0.2) is 79.9 Å². The summed E-state index contributed by atoms with van der Waals surface area (Å²) in [5, 5.41) is 29.4. The smallest absolute Gasteiger partial charge is 0.321 e. The zero-order valence-corrected chi connectivity index (χ0v) is 22.1. The minimum Gasteiger partial charge on any atom is -0.367 e. The average molecular weight is 567 g/mol. The SMILES string of the molecule is O=C(NCCN1CCOC(O)C1)Nc1nc2ccc(Sc3nnc4ccc(-c5ccc(F)cc5)nn34)cc2s1. The molecule has 2 amide bonds. The van der Waals surface area contributed by atoms with Gasteiger partial charge in [-0.2, -0.15) is 9.61 Å². The Morgan fingerprint density at radius 2 is 2.05 bits per heavy atom. The zero-order chi connectivity index (χ0) is 26.8. The molecule has 5 aromatic rings. The number of aliphatic hydroxyl groups excluding tert-OH is 1. The Hall–Kier alpha value is -3.69. The summed E-state index contributed by atoms with van der Waals surface area (Å²) >= 11 is 2.78. The van der Waals surface area contributed by atoms with Gasteiger partial charge < -0.3 is 15.2 Å². The number of hydrogen-bond donors (Lipinski definition) is 3. The number of hydrogen-bond acceptors (Lipinski definition) is 10. The van der Waals surface area contributed by atoms with Crippen LogP contribution in [0, 0.1) is 5.82 Å². The number of thiazole rings is 1. The maximum Gasteiger partial charge on any atom is 0.321 e. The highest BCUT2D eigenvalue weighted by Crippen LogP contribution is 2.33. The number of amides is 2. The van der Waals surface area contributed by atoms with Gasteiger partial charge in [0.05, 0.1) is 22.5 Å². The van der Waals surface area contributed by atoms with Crippen molar-refractivity contribution >= 4 is 50.1 Å². The highest BCUT2D eigenvalue weighted by Gasteiger charge is 2.18. The van der Waals surface area contributed by atoms with E-state index < -0.39 is 6.29 Å². The molecule has 0 spiro atoms. The van der Waals surface area contributed by atoms with Gasteiger partial charge in [0.2, 0.25) is 5.16 Å². The van der Waals surface area contributed by atoms with E-state index in [1.807, 2.05) is 35.2 Å². The van der Waals surface area contributed by atoms with Gasteiger partial charge in [0.1, 0.15) is 5.82 Å². The van der Waals surface area contributed by atoms with Gasteiger partial charge in [0.25, 0.3) is 0 Å². The van der Waals surface area contributed by atoms with Crippen molar-refractivity contribution in [2.45, 2.75) is 16.3 Å². The van der Waals surface area contributed by atoms with Crippen LogP contribution in [0.5, 0.6) is 0 Å². The number of nitrogens with zero attached hydrogens (tertiary/aromatic N) is 6. The molecule has 39 heavy (non-hydrogen) atoms. The summed E-state index contributed by atoms with van der Waals surface area (Å²) in [5.41, 5.74) is 2.84. The molecular formula is C25H23FN8O3S2. The Morgan fingerprint density at radius 3 is 2.90 bits per heavy atom. The Balaban J connectivity index is 1.11. The lowest BCUT2D eigenvalue weighted by Crippen LogP contribution is -2.45. The highest BCUT2D eigenvalue weighted by molar-refractivity contribution is 7.99. The highest BCUT2D eigenvalue weighted by atomic mass is 32.2. The Morgan fingerprint density at radius 1 is 1.18 bits per heavy atom. The molecule has 1 unspecified atom stereocenters. The molecule has 0 bridgehead atoms. The molecule has 1 saturated heterocycles. The standard InChI is InChI=1S/C25H23FN8O3S2/c26-16-3-1-15(2-4-16)18-7-8-21-30-31-25(34(21)32-18)38-17-5-6-19-20(13-17)39-24(28-19)29-23(36)27-9-10-33-11-12-37-22(35)14-33/h1-8,13,22,35H,9-12,14H2,(H2,27,28,29,36). The maximum atomic E-state index is 13.3. The normalized spacial score (nSPS) is 16.1. The summed E-state index contributed by atoms with van der Waals surface area (Å²) in [5.74, 6) is -0.303. The molecular weight excluding hydrogens is 543 g/mol. The summed E-state index contributed by atoms with van der Waals surface area (Å²) in [6.45, 7) is 2.67. The Bertz CT molecular complexity index is 1630. The van der Waals surface area contributed by atoms with Crippen molar-refractivity contribution in [2.75, 3.05) is 38.1 Å². The van der Waals surface area contributed by atoms with Crippen molar-refractivity contribution in [2.24, 2.45) is 0 Å². The van der Waals surface area contributed by atoms with Crippen molar-refractivity contribution in [3.8, 4) is 11.3 Å². The van der Waals surface area contributed by atoms with E-state index in [0.717, 1.165) is 20.7 Å². The third-order valence-electron chi connectivity index (χ3n) is 6.01.